The van der Waals surface area contributed by atoms with E-state index in [9.17, 15) is 14.7 Å². The minimum Gasteiger partial charge on any atom is -0.507 e. The number of phenols is 1. The molecule has 0 aliphatic carbocycles. The fourth-order valence-electron chi connectivity index (χ4n) is 2.67. The molecule has 0 fully saturated rings. The van der Waals surface area contributed by atoms with Crippen molar-refractivity contribution >= 4 is 11.8 Å². The van der Waals surface area contributed by atoms with Crippen molar-refractivity contribution in [2.75, 3.05) is 0 Å². The molecule has 28 heavy (non-hydrogen) atoms. The lowest BCUT2D eigenvalue weighted by Gasteiger charge is -2.09. The topological polar surface area (TPSA) is 91.3 Å². The van der Waals surface area contributed by atoms with Crippen molar-refractivity contribution in [3.8, 4) is 5.75 Å². The van der Waals surface area contributed by atoms with Crippen LogP contribution < -0.4 is 10.6 Å². The van der Waals surface area contributed by atoms with Gasteiger partial charge >= 0.3 is 0 Å². The van der Waals surface area contributed by atoms with Crippen LogP contribution in [0.15, 0.2) is 67.0 Å². The molecule has 0 bridgehead atoms. The Kier molecular flexibility index (Phi) is 6.01. The van der Waals surface area contributed by atoms with Gasteiger partial charge in [-0.15, -0.1) is 0 Å². The molecule has 0 radical (unpaired) electrons. The Bertz CT molecular complexity index is 970. The van der Waals surface area contributed by atoms with Crippen LogP contribution in [0.2, 0.25) is 0 Å². The van der Waals surface area contributed by atoms with E-state index in [2.05, 4.69) is 15.6 Å². The number of nitrogens with zero attached hydrogens (tertiary/aromatic N) is 1. The summed E-state index contributed by atoms with van der Waals surface area (Å²) in [5.74, 6) is -0.537. The summed E-state index contributed by atoms with van der Waals surface area (Å²) >= 11 is 0. The Labute approximate surface area is 163 Å². The van der Waals surface area contributed by atoms with Crippen LogP contribution >= 0.6 is 0 Å². The van der Waals surface area contributed by atoms with Gasteiger partial charge in [-0.1, -0.05) is 30.3 Å². The highest BCUT2D eigenvalue weighted by atomic mass is 16.3. The number of phenolic OH excluding ortho intramolecular Hbond substituents is 1. The minimum atomic E-state index is -0.328. The van der Waals surface area contributed by atoms with Gasteiger partial charge < -0.3 is 15.7 Å². The average molecular weight is 375 g/mol. The molecule has 3 rings (SSSR count). The minimum absolute atomic E-state index is 0.0304. The number of nitrogens with one attached hydrogen (secondary N) is 2. The quantitative estimate of drug-likeness (QED) is 0.618. The summed E-state index contributed by atoms with van der Waals surface area (Å²) in [6, 6.07) is 15.9. The van der Waals surface area contributed by atoms with E-state index in [0.717, 1.165) is 16.7 Å². The molecule has 0 unspecified atom stereocenters. The summed E-state index contributed by atoms with van der Waals surface area (Å²) in [5, 5.41) is 15.5. The molecule has 142 valence electrons. The number of carbonyl (C=O) groups is 2. The molecule has 0 spiro atoms. The first-order chi connectivity index (χ1) is 13.5. The number of pyridine rings is 1. The molecule has 1 aromatic heterocycles. The number of aryl methyl sites for hydroxylation is 1. The number of hydrogen-bond donors (Lipinski definition) is 3. The fourth-order valence-corrected chi connectivity index (χ4v) is 2.67. The first-order valence-electron chi connectivity index (χ1n) is 8.87. The van der Waals surface area contributed by atoms with Gasteiger partial charge in [0.25, 0.3) is 11.8 Å². The van der Waals surface area contributed by atoms with Crippen LogP contribution in [-0.2, 0) is 13.1 Å². The summed E-state index contributed by atoms with van der Waals surface area (Å²) in [4.78, 5) is 28.2. The molecule has 0 aliphatic rings. The molecule has 3 aromatic rings. The molecule has 0 saturated heterocycles. The molecule has 0 atom stereocenters. The van der Waals surface area contributed by atoms with Gasteiger partial charge in [-0.05, 0) is 47.9 Å². The molecular formula is C22H21N3O3. The van der Waals surface area contributed by atoms with Crippen LogP contribution in [0.25, 0.3) is 0 Å². The first-order valence-corrected chi connectivity index (χ1v) is 8.87. The van der Waals surface area contributed by atoms with E-state index in [1.165, 1.54) is 6.20 Å². The maximum absolute atomic E-state index is 12.2. The first kappa shape index (κ1) is 19.1. The molecule has 3 N–H and O–H groups in total. The van der Waals surface area contributed by atoms with Gasteiger partial charge in [0.2, 0.25) is 0 Å². The third-order valence-corrected chi connectivity index (χ3v) is 4.25. The molecular weight excluding hydrogens is 354 g/mol. The highest BCUT2D eigenvalue weighted by molar-refractivity contribution is 5.96. The Balaban J connectivity index is 1.51. The van der Waals surface area contributed by atoms with Crippen molar-refractivity contribution in [3.05, 3.63) is 94.8 Å². The van der Waals surface area contributed by atoms with Crippen molar-refractivity contribution in [3.63, 3.8) is 0 Å². The summed E-state index contributed by atoms with van der Waals surface area (Å²) < 4.78 is 0. The standard InChI is InChI=1S/C22H21N3O3/c1-15-4-9-19(20(26)11-15)22(28)25-13-17-7-5-16(6-8-17)12-24-21(27)18-3-2-10-23-14-18/h2-11,14,26H,12-13H2,1H3,(H,24,27)(H,25,28). The lowest BCUT2D eigenvalue weighted by Crippen LogP contribution is -2.23. The van der Waals surface area contributed by atoms with Crippen LogP contribution in [0.5, 0.6) is 5.75 Å². The van der Waals surface area contributed by atoms with Gasteiger partial charge in [-0.2, -0.15) is 0 Å². The van der Waals surface area contributed by atoms with Crippen molar-refractivity contribution < 1.29 is 14.7 Å². The van der Waals surface area contributed by atoms with Crippen LogP contribution in [0, 0.1) is 6.92 Å². The molecule has 6 heteroatoms. The van der Waals surface area contributed by atoms with E-state index in [1.807, 2.05) is 31.2 Å². The number of hydrogen-bond acceptors (Lipinski definition) is 4. The molecule has 2 amide bonds. The largest absolute Gasteiger partial charge is 0.507 e. The van der Waals surface area contributed by atoms with Crippen LogP contribution in [-0.4, -0.2) is 21.9 Å². The van der Waals surface area contributed by atoms with Gasteiger partial charge in [0.1, 0.15) is 5.75 Å². The molecule has 2 aromatic carbocycles. The van der Waals surface area contributed by atoms with Crippen molar-refractivity contribution in [2.24, 2.45) is 0 Å². The van der Waals surface area contributed by atoms with Crippen LogP contribution in [0.1, 0.15) is 37.4 Å². The molecule has 0 aliphatic heterocycles. The van der Waals surface area contributed by atoms with E-state index in [4.69, 9.17) is 0 Å². The third kappa shape index (κ3) is 4.94. The van der Waals surface area contributed by atoms with Gasteiger partial charge in [0, 0.05) is 25.5 Å². The van der Waals surface area contributed by atoms with Crippen LogP contribution in [0.4, 0.5) is 0 Å². The van der Waals surface area contributed by atoms with Crippen molar-refractivity contribution in [2.45, 2.75) is 20.0 Å². The van der Waals surface area contributed by atoms with Crippen molar-refractivity contribution in [1.29, 1.82) is 0 Å². The highest BCUT2D eigenvalue weighted by Gasteiger charge is 2.10. The second-order valence-corrected chi connectivity index (χ2v) is 6.44. The third-order valence-electron chi connectivity index (χ3n) is 4.25. The SMILES string of the molecule is Cc1ccc(C(=O)NCc2ccc(CNC(=O)c3cccnc3)cc2)c(O)c1. The highest BCUT2D eigenvalue weighted by Crippen LogP contribution is 2.18. The molecule has 0 saturated carbocycles. The molecule has 6 nitrogen and oxygen atoms in total. The van der Waals surface area contributed by atoms with Crippen LogP contribution in [0.3, 0.4) is 0 Å². The van der Waals surface area contributed by atoms with Gasteiger partial charge in [-0.3, -0.25) is 14.6 Å². The summed E-state index contributed by atoms with van der Waals surface area (Å²) in [6.45, 7) is 2.59. The Hall–Kier alpha value is -3.67. The second-order valence-electron chi connectivity index (χ2n) is 6.44. The van der Waals surface area contributed by atoms with Crippen molar-refractivity contribution in [1.82, 2.24) is 15.6 Å². The molecule has 1 heterocycles. The predicted molar refractivity (Wildman–Crippen MR) is 106 cm³/mol. The van der Waals surface area contributed by atoms with E-state index in [0.29, 0.717) is 18.7 Å². The number of aromatic hydroxyl groups is 1. The zero-order valence-electron chi connectivity index (χ0n) is 15.5. The van der Waals surface area contributed by atoms with E-state index in [-0.39, 0.29) is 23.1 Å². The zero-order valence-corrected chi connectivity index (χ0v) is 15.5. The summed E-state index contributed by atoms with van der Waals surface area (Å²) in [7, 11) is 0. The maximum Gasteiger partial charge on any atom is 0.255 e. The Morgan fingerprint density at radius 1 is 0.929 bits per heavy atom. The number of amides is 2. The number of rotatable bonds is 6. The predicted octanol–water partition coefficient (Wildman–Crippen LogP) is 2.96. The second kappa shape index (κ2) is 8.81. The van der Waals surface area contributed by atoms with Gasteiger partial charge in [0.05, 0.1) is 11.1 Å². The number of carbonyl (C=O) groups excluding carboxylic acids is 2. The maximum atomic E-state index is 12.2. The fraction of sp³-hybridized carbons (Fsp3) is 0.136. The summed E-state index contributed by atoms with van der Waals surface area (Å²) in [6.07, 6.45) is 3.14. The van der Waals surface area contributed by atoms with E-state index < -0.39 is 0 Å². The normalized spacial score (nSPS) is 10.3. The lowest BCUT2D eigenvalue weighted by molar-refractivity contribution is 0.0940. The van der Waals surface area contributed by atoms with Gasteiger partial charge in [-0.25, -0.2) is 0 Å². The lowest BCUT2D eigenvalue weighted by atomic mass is 10.1. The van der Waals surface area contributed by atoms with E-state index >= 15 is 0 Å². The zero-order chi connectivity index (χ0) is 19.9. The number of aromatic nitrogens is 1. The number of benzene rings is 2. The average Bonchev–Trinajstić information content (AvgIpc) is 2.71. The Morgan fingerprint density at radius 2 is 1.57 bits per heavy atom. The summed E-state index contributed by atoms with van der Waals surface area (Å²) in [5.41, 5.74) is 3.52. The monoisotopic (exact) mass is 375 g/mol. The van der Waals surface area contributed by atoms with E-state index in [1.54, 1.807) is 36.5 Å². The smallest absolute Gasteiger partial charge is 0.255 e. The Morgan fingerprint density at radius 3 is 2.14 bits per heavy atom. The van der Waals surface area contributed by atoms with Gasteiger partial charge in [0.15, 0.2) is 0 Å².